The molecule has 0 aliphatic carbocycles. The first-order valence-electron chi connectivity index (χ1n) is 9.27. The molecule has 1 fully saturated rings. The number of nitrogens with zero attached hydrogens (tertiary/aromatic N) is 1. The van der Waals surface area contributed by atoms with Gasteiger partial charge in [0.15, 0.2) is 11.6 Å². The van der Waals surface area contributed by atoms with Crippen LogP contribution in [0.15, 0.2) is 41.3 Å². The predicted octanol–water partition coefficient (Wildman–Crippen LogP) is 3.79. The molecule has 1 aliphatic rings. The van der Waals surface area contributed by atoms with Crippen molar-refractivity contribution in [2.45, 2.75) is 30.6 Å². The number of rotatable bonds is 5. The SMILES string of the molecule is COc1ccc(S(=O)(=O)N2CCCCCC2)cc1C(=O)Nc1ccc(F)c(F)c1. The Balaban J connectivity index is 1.91. The number of hydrogen-bond acceptors (Lipinski definition) is 4. The van der Waals surface area contributed by atoms with Crippen molar-refractivity contribution in [1.82, 2.24) is 4.31 Å². The molecule has 0 radical (unpaired) electrons. The third-order valence-electron chi connectivity index (χ3n) is 4.80. The number of benzene rings is 2. The zero-order valence-electron chi connectivity index (χ0n) is 16.0. The molecule has 156 valence electrons. The summed E-state index contributed by atoms with van der Waals surface area (Å²) in [5.74, 6) is -2.67. The van der Waals surface area contributed by atoms with E-state index in [4.69, 9.17) is 4.74 Å². The highest BCUT2D eigenvalue weighted by Gasteiger charge is 2.27. The number of hydrogen-bond donors (Lipinski definition) is 1. The minimum atomic E-state index is -3.76. The summed E-state index contributed by atoms with van der Waals surface area (Å²) in [6, 6.07) is 6.99. The van der Waals surface area contributed by atoms with Crippen LogP contribution in [0.2, 0.25) is 0 Å². The first-order chi connectivity index (χ1) is 13.8. The summed E-state index contributed by atoms with van der Waals surface area (Å²) in [5, 5.41) is 2.44. The van der Waals surface area contributed by atoms with Crippen molar-refractivity contribution in [3.8, 4) is 5.75 Å². The molecule has 1 amide bonds. The van der Waals surface area contributed by atoms with Crippen LogP contribution >= 0.6 is 0 Å². The maximum absolute atomic E-state index is 13.4. The van der Waals surface area contributed by atoms with Crippen molar-refractivity contribution in [2.24, 2.45) is 0 Å². The molecule has 9 heteroatoms. The van der Waals surface area contributed by atoms with E-state index in [1.165, 1.54) is 35.7 Å². The molecular weight excluding hydrogens is 402 g/mol. The fourth-order valence-electron chi connectivity index (χ4n) is 3.23. The Morgan fingerprint density at radius 3 is 2.31 bits per heavy atom. The summed E-state index contributed by atoms with van der Waals surface area (Å²) in [4.78, 5) is 12.7. The lowest BCUT2D eigenvalue weighted by atomic mass is 10.2. The van der Waals surface area contributed by atoms with Crippen LogP contribution in [0.4, 0.5) is 14.5 Å². The van der Waals surface area contributed by atoms with E-state index in [-0.39, 0.29) is 21.9 Å². The number of anilines is 1. The molecule has 29 heavy (non-hydrogen) atoms. The Bertz CT molecular complexity index is 1000. The molecule has 0 bridgehead atoms. The molecule has 0 saturated carbocycles. The van der Waals surface area contributed by atoms with Gasteiger partial charge >= 0.3 is 0 Å². The van der Waals surface area contributed by atoms with E-state index in [1.807, 2.05) is 0 Å². The van der Waals surface area contributed by atoms with E-state index < -0.39 is 27.6 Å². The molecule has 2 aromatic rings. The number of ether oxygens (including phenoxy) is 1. The summed E-state index contributed by atoms with van der Waals surface area (Å²) < 4.78 is 59.1. The molecule has 1 N–H and O–H groups in total. The molecule has 6 nitrogen and oxygen atoms in total. The average molecular weight is 424 g/mol. The molecule has 2 aromatic carbocycles. The van der Waals surface area contributed by atoms with Gasteiger partial charge in [-0.1, -0.05) is 12.8 Å². The molecule has 1 saturated heterocycles. The highest BCUT2D eigenvalue weighted by molar-refractivity contribution is 7.89. The number of sulfonamides is 1. The molecular formula is C20H22F2N2O4S. The second-order valence-electron chi connectivity index (χ2n) is 6.76. The van der Waals surface area contributed by atoms with Crippen molar-refractivity contribution in [2.75, 3.05) is 25.5 Å². The van der Waals surface area contributed by atoms with Crippen LogP contribution in [0.5, 0.6) is 5.75 Å². The summed E-state index contributed by atoms with van der Waals surface area (Å²) in [5.41, 5.74) is 0.0184. The fraction of sp³-hybridized carbons (Fsp3) is 0.350. The van der Waals surface area contributed by atoms with Gasteiger partial charge in [-0.2, -0.15) is 4.31 Å². The van der Waals surface area contributed by atoms with Crippen molar-refractivity contribution in [3.05, 3.63) is 53.6 Å². The van der Waals surface area contributed by atoms with Gasteiger partial charge in [0.05, 0.1) is 17.6 Å². The summed E-state index contributed by atoms with van der Waals surface area (Å²) in [6.45, 7) is 0.871. The molecule has 0 unspecified atom stereocenters. The van der Waals surface area contributed by atoms with E-state index in [2.05, 4.69) is 5.32 Å². The van der Waals surface area contributed by atoms with Crippen LogP contribution < -0.4 is 10.1 Å². The zero-order chi connectivity index (χ0) is 21.0. The lowest BCUT2D eigenvalue weighted by Crippen LogP contribution is -2.32. The largest absolute Gasteiger partial charge is 0.496 e. The molecule has 1 aliphatic heterocycles. The van der Waals surface area contributed by atoms with Gasteiger partial charge in [-0.15, -0.1) is 0 Å². The number of methoxy groups -OCH3 is 1. The molecule has 0 spiro atoms. The van der Waals surface area contributed by atoms with Gasteiger partial charge in [-0.3, -0.25) is 4.79 Å². The fourth-order valence-corrected chi connectivity index (χ4v) is 4.77. The van der Waals surface area contributed by atoms with Gasteiger partial charge in [0.1, 0.15) is 5.75 Å². The van der Waals surface area contributed by atoms with Crippen molar-refractivity contribution < 1.29 is 26.7 Å². The summed E-state index contributed by atoms with van der Waals surface area (Å²) in [6.07, 6.45) is 3.55. The maximum atomic E-state index is 13.4. The first kappa shape index (κ1) is 21.2. The maximum Gasteiger partial charge on any atom is 0.259 e. The van der Waals surface area contributed by atoms with E-state index in [9.17, 15) is 22.0 Å². The van der Waals surface area contributed by atoms with Crippen LogP contribution in [-0.2, 0) is 10.0 Å². The third kappa shape index (κ3) is 4.73. The van der Waals surface area contributed by atoms with Crippen LogP contribution in [0.25, 0.3) is 0 Å². The second-order valence-corrected chi connectivity index (χ2v) is 8.70. The molecule has 3 rings (SSSR count). The van der Waals surface area contributed by atoms with Gasteiger partial charge in [-0.25, -0.2) is 17.2 Å². The Morgan fingerprint density at radius 1 is 1.00 bits per heavy atom. The van der Waals surface area contributed by atoms with Crippen LogP contribution in [0, 0.1) is 11.6 Å². The lowest BCUT2D eigenvalue weighted by molar-refractivity contribution is 0.102. The lowest BCUT2D eigenvalue weighted by Gasteiger charge is -2.20. The highest BCUT2D eigenvalue weighted by atomic mass is 32.2. The minimum Gasteiger partial charge on any atom is -0.496 e. The van der Waals surface area contributed by atoms with Crippen LogP contribution in [-0.4, -0.2) is 38.8 Å². The Morgan fingerprint density at radius 2 is 1.69 bits per heavy atom. The number of carbonyl (C=O) groups is 1. The van der Waals surface area contributed by atoms with E-state index in [0.29, 0.717) is 13.1 Å². The van der Waals surface area contributed by atoms with Gasteiger partial charge in [0.25, 0.3) is 5.91 Å². The van der Waals surface area contributed by atoms with E-state index in [0.717, 1.165) is 37.8 Å². The third-order valence-corrected chi connectivity index (χ3v) is 6.69. The Hall–Kier alpha value is -2.52. The average Bonchev–Trinajstić information content (AvgIpc) is 3.00. The van der Waals surface area contributed by atoms with Gasteiger partial charge in [-0.05, 0) is 43.2 Å². The Kier molecular flexibility index (Phi) is 6.49. The van der Waals surface area contributed by atoms with E-state index >= 15 is 0 Å². The van der Waals surface area contributed by atoms with Gasteiger partial charge < -0.3 is 10.1 Å². The number of nitrogens with one attached hydrogen (secondary N) is 1. The minimum absolute atomic E-state index is 0.0179. The zero-order valence-corrected chi connectivity index (χ0v) is 16.8. The number of amides is 1. The standard InChI is InChI=1S/C20H22F2N2O4S/c1-28-19-9-7-15(29(26,27)24-10-4-2-3-5-11-24)13-16(19)20(25)23-14-6-8-17(21)18(22)12-14/h6-9,12-13H,2-5,10-11H2,1H3,(H,23,25). The smallest absolute Gasteiger partial charge is 0.259 e. The normalized spacial score (nSPS) is 15.6. The van der Waals surface area contributed by atoms with E-state index in [1.54, 1.807) is 0 Å². The van der Waals surface area contributed by atoms with Crippen molar-refractivity contribution >= 4 is 21.6 Å². The quantitative estimate of drug-likeness (QED) is 0.792. The molecule has 0 aromatic heterocycles. The van der Waals surface area contributed by atoms with Gasteiger partial charge in [0.2, 0.25) is 10.0 Å². The van der Waals surface area contributed by atoms with Crippen LogP contribution in [0.3, 0.4) is 0 Å². The van der Waals surface area contributed by atoms with Gasteiger partial charge in [0, 0.05) is 24.8 Å². The monoisotopic (exact) mass is 424 g/mol. The van der Waals surface area contributed by atoms with Crippen molar-refractivity contribution in [1.29, 1.82) is 0 Å². The number of halogens is 2. The second kappa shape index (κ2) is 8.87. The van der Waals surface area contributed by atoms with Crippen molar-refractivity contribution in [3.63, 3.8) is 0 Å². The predicted molar refractivity (Wildman–Crippen MR) is 105 cm³/mol. The molecule has 0 atom stereocenters. The molecule has 1 heterocycles. The first-order valence-corrected chi connectivity index (χ1v) is 10.7. The highest BCUT2D eigenvalue weighted by Crippen LogP contribution is 2.27. The summed E-state index contributed by atoms with van der Waals surface area (Å²) in [7, 11) is -2.41. The Labute approximate surface area is 168 Å². The summed E-state index contributed by atoms with van der Waals surface area (Å²) >= 11 is 0. The van der Waals surface area contributed by atoms with Crippen LogP contribution in [0.1, 0.15) is 36.0 Å². The number of carbonyl (C=O) groups excluding carboxylic acids is 1. The topological polar surface area (TPSA) is 75.7 Å².